The quantitative estimate of drug-likeness (QED) is 0.314. The third kappa shape index (κ3) is 6.25. The fourth-order valence-electron chi connectivity index (χ4n) is 3.78. The molecule has 0 radical (unpaired) electrons. The maximum atomic E-state index is 12.8. The first-order chi connectivity index (χ1) is 16.6. The van der Waals surface area contributed by atoms with Gasteiger partial charge >= 0.3 is 0 Å². The van der Waals surface area contributed by atoms with E-state index in [1.54, 1.807) is 7.11 Å². The molecule has 0 aliphatic rings. The number of hydrogen-bond acceptors (Lipinski definition) is 4. The Hall–Kier alpha value is -3.61. The summed E-state index contributed by atoms with van der Waals surface area (Å²) < 4.78 is 11.1. The van der Waals surface area contributed by atoms with E-state index in [1.807, 2.05) is 78.9 Å². The van der Waals surface area contributed by atoms with Crippen LogP contribution in [0.4, 0.5) is 5.69 Å². The molecule has 0 bridgehead atoms. The van der Waals surface area contributed by atoms with Gasteiger partial charge in [-0.25, -0.2) is 0 Å². The number of aromatic amines is 1. The lowest BCUT2D eigenvalue weighted by molar-refractivity contribution is 0.102. The van der Waals surface area contributed by atoms with Gasteiger partial charge in [-0.3, -0.25) is 9.69 Å². The van der Waals surface area contributed by atoms with E-state index in [2.05, 4.69) is 22.1 Å². The Morgan fingerprint density at radius 3 is 2.50 bits per heavy atom. The van der Waals surface area contributed by atoms with Crippen LogP contribution in [0.1, 0.15) is 28.5 Å². The molecule has 2 N–H and O–H groups in total. The third-order valence-corrected chi connectivity index (χ3v) is 5.76. The predicted molar refractivity (Wildman–Crippen MR) is 136 cm³/mol. The van der Waals surface area contributed by atoms with Crippen molar-refractivity contribution in [2.45, 2.75) is 20.1 Å². The van der Waals surface area contributed by atoms with Crippen LogP contribution in [0.25, 0.3) is 10.9 Å². The summed E-state index contributed by atoms with van der Waals surface area (Å²) in [4.78, 5) is 18.3. The standard InChI is InChI=1S/C28H31N3O3/c1-3-31(15-16-33-2)19-21-9-11-24(12-10-21)29-28(32)27-18-23-17-25(13-14-26(23)30-27)34-20-22-7-5-4-6-8-22/h4-14,17-18,30H,3,15-16,19-20H2,1-2H3,(H,29,32). The van der Waals surface area contributed by atoms with Crippen molar-refractivity contribution in [3.8, 4) is 5.75 Å². The average Bonchev–Trinajstić information content (AvgIpc) is 3.31. The highest BCUT2D eigenvalue weighted by molar-refractivity contribution is 6.06. The van der Waals surface area contributed by atoms with Gasteiger partial charge in [-0.15, -0.1) is 0 Å². The summed E-state index contributed by atoms with van der Waals surface area (Å²) >= 11 is 0. The molecule has 0 saturated carbocycles. The summed E-state index contributed by atoms with van der Waals surface area (Å²) in [6, 6.07) is 25.7. The highest BCUT2D eigenvalue weighted by Crippen LogP contribution is 2.23. The molecule has 6 heteroatoms. The molecule has 1 aromatic heterocycles. The number of amides is 1. The molecule has 6 nitrogen and oxygen atoms in total. The molecule has 176 valence electrons. The van der Waals surface area contributed by atoms with E-state index in [4.69, 9.17) is 9.47 Å². The molecule has 1 heterocycles. The second-order valence-corrected chi connectivity index (χ2v) is 8.22. The minimum absolute atomic E-state index is 0.175. The zero-order valence-electron chi connectivity index (χ0n) is 19.7. The van der Waals surface area contributed by atoms with E-state index in [0.717, 1.165) is 47.5 Å². The zero-order chi connectivity index (χ0) is 23.8. The van der Waals surface area contributed by atoms with E-state index in [9.17, 15) is 4.79 Å². The maximum absolute atomic E-state index is 12.8. The molecule has 34 heavy (non-hydrogen) atoms. The number of carbonyl (C=O) groups is 1. The fraction of sp³-hybridized carbons (Fsp3) is 0.250. The van der Waals surface area contributed by atoms with Crippen LogP contribution in [0.5, 0.6) is 5.75 Å². The molecule has 0 unspecified atom stereocenters. The first kappa shape index (κ1) is 23.5. The number of fused-ring (bicyclic) bond motifs is 1. The third-order valence-electron chi connectivity index (χ3n) is 5.76. The minimum Gasteiger partial charge on any atom is -0.489 e. The Labute approximate surface area is 200 Å². The predicted octanol–water partition coefficient (Wildman–Crippen LogP) is 5.47. The van der Waals surface area contributed by atoms with Crippen LogP contribution in [0.3, 0.4) is 0 Å². The number of rotatable bonds is 11. The Balaban J connectivity index is 1.36. The number of nitrogens with zero attached hydrogens (tertiary/aromatic N) is 1. The summed E-state index contributed by atoms with van der Waals surface area (Å²) in [7, 11) is 1.72. The number of nitrogens with one attached hydrogen (secondary N) is 2. The van der Waals surface area contributed by atoms with Crippen LogP contribution in [-0.2, 0) is 17.9 Å². The van der Waals surface area contributed by atoms with Crippen LogP contribution >= 0.6 is 0 Å². The lowest BCUT2D eigenvalue weighted by Crippen LogP contribution is -2.26. The van der Waals surface area contributed by atoms with Crippen molar-refractivity contribution < 1.29 is 14.3 Å². The van der Waals surface area contributed by atoms with E-state index in [1.165, 1.54) is 5.56 Å². The summed E-state index contributed by atoms with van der Waals surface area (Å²) in [6.07, 6.45) is 0. The highest BCUT2D eigenvalue weighted by atomic mass is 16.5. The summed E-state index contributed by atoms with van der Waals surface area (Å²) in [5.74, 6) is 0.593. The molecule has 0 spiro atoms. The monoisotopic (exact) mass is 457 g/mol. The van der Waals surface area contributed by atoms with Gasteiger partial charge in [0.15, 0.2) is 0 Å². The van der Waals surface area contributed by atoms with Gasteiger partial charge in [-0.2, -0.15) is 0 Å². The maximum Gasteiger partial charge on any atom is 0.272 e. The number of likely N-dealkylation sites (N-methyl/N-ethyl adjacent to an activating group) is 1. The van der Waals surface area contributed by atoms with E-state index in [-0.39, 0.29) is 5.91 Å². The number of hydrogen-bond donors (Lipinski definition) is 2. The van der Waals surface area contributed by atoms with E-state index >= 15 is 0 Å². The Morgan fingerprint density at radius 2 is 1.76 bits per heavy atom. The normalized spacial score (nSPS) is 11.1. The molecule has 0 saturated heterocycles. The average molecular weight is 458 g/mol. The fourth-order valence-corrected chi connectivity index (χ4v) is 3.78. The molecular weight excluding hydrogens is 426 g/mol. The molecular formula is C28H31N3O3. The number of methoxy groups -OCH3 is 1. The van der Waals surface area contributed by atoms with Gasteiger partial charge in [-0.1, -0.05) is 49.4 Å². The Bertz CT molecular complexity index is 1200. The van der Waals surface area contributed by atoms with Crippen LogP contribution < -0.4 is 10.1 Å². The largest absolute Gasteiger partial charge is 0.489 e. The van der Waals surface area contributed by atoms with Crippen LogP contribution in [0.15, 0.2) is 78.9 Å². The van der Waals surface area contributed by atoms with E-state index < -0.39 is 0 Å². The number of benzene rings is 3. The second kappa shape index (κ2) is 11.5. The molecule has 0 atom stereocenters. The zero-order valence-corrected chi connectivity index (χ0v) is 19.7. The molecule has 1 amide bonds. The van der Waals surface area contributed by atoms with Gasteiger partial charge in [-0.05, 0) is 54.1 Å². The first-order valence-electron chi connectivity index (χ1n) is 11.6. The number of ether oxygens (including phenoxy) is 2. The number of anilines is 1. The topological polar surface area (TPSA) is 66.6 Å². The van der Waals surface area contributed by atoms with Crippen LogP contribution in [0.2, 0.25) is 0 Å². The lowest BCUT2D eigenvalue weighted by atomic mass is 10.2. The van der Waals surface area contributed by atoms with Crippen molar-refractivity contribution in [2.24, 2.45) is 0 Å². The van der Waals surface area contributed by atoms with Gasteiger partial charge in [0, 0.05) is 36.8 Å². The second-order valence-electron chi connectivity index (χ2n) is 8.22. The Morgan fingerprint density at radius 1 is 0.971 bits per heavy atom. The lowest BCUT2D eigenvalue weighted by Gasteiger charge is -2.20. The summed E-state index contributed by atoms with van der Waals surface area (Å²) in [5.41, 5.74) is 4.48. The minimum atomic E-state index is -0.175. The van der Waals surface area contributed by atoms with Crippen molar-refractivity contribution in [1.29, 1.82) is 0 Å². The number of aromatic nitrogens is 1. The van der Waals surface area contributed by atoms with Crippen LogP contribution in [0, 0.1) is 0 Å². The van der Waals surface area contributed by atoms with Gasteiger partial charge in [0.1, 0.15) is 18.1 Å². The summed E-state index contributed by atoms with van der Waals surface area (Å²) in [5, 5.41) is 3.91. The van der Waals surface area contributed by atoms with Crippen molar-refractivity contribution in [1.82, 2.24) is 9.88 Å². The Kier molecular flexibility index (Phi) is 7.96. The highest BCUT2D eigenvalue weighted by Gasteiger charge is 2.11. The smallest absolute Gasteiger partial charge is 0.272 e. The van der Waals surface area contributed by atoms with Crippen molar-refractivity contribution in [3.63, 3.8) is 0 Å². The van der Waals surface area contributed by atoms with Crippen molar-refractivity contribution in [2.75, 3.05) is 32.1 Å². The molecule has 4 rings (SSSR count). The molecule has 4 aromatic rings. The van der Waals surface area contributed by atoms with Gasteiger partial charge in [0.25, 0.3) is 5.91 Å². The molecule has 0 fully saturated rings. The molecule has 0 aliphatic carbocycles. The van der Waals surface area contributed by atoms with Gasteiger partial charge < -0.3 is 19.8 Å². The van der Waals surface area contributed by atoms with Crippen molar-refractivity contribution in [3.05, 3.63) is 95.7 Å². The van der Waals surface area contributed by atoms with E-state index in [0.29, 0.717) is 18.9 Å². The van der Waals surface area contributed by atoms with Gasteiger partial charge in [0.2, 0.25) is 0 Å². The SMILES string of the molecule is CCN(CCOC)Cc1ccc(NC(=O)c2cc3cc(OCc4ccccc4)ccc3[nH]2)cc1. The van der Waals surface area contributed by atoms with Crippen molar-refractivity contribution >= 4 is 22.5 Å². The van der Waals surface area contributed by atoms with Crippen LogP contribution in [-0.4, -0.2) is 42.6 Å². The molecule has 0 aliphatic heterocycles. The first-order valence-corrected chi connectivity index (χ1v) is 11.6. The van der Waals surface area contributed by atoms with Gasteiger partial charge in [0.05, 0.1) is 6.61 Å². The number of carbonyl (C=O) groups excluding carboxylic acids is 1. The number of H-pyrrole nitrogens is 1. The molecule has 3 aromatic carbocycles. The summed E-state index contributed by atoms with van der Waals surface area (Å²) in [6.45, 7) is 6.06.